The highest BCUT2D eigenvalue weighted by atomic mass is 79.9. The molecule has 0 aromatic heterocycles. The average molecular weight is 374 g/mol. The van der Waals surface area contributed by atoms with Crippen LogP contribution in [0.4, 0.5) is 0 Å². The third-order valence-electron chi connectivity index (χ3n) is 3.22. The number of rotatable bonds is 9. The van der Waals surface area contributed by atoms with E-state index in [1.54, 1.807) is 6.92 Å². The van der Waals surface area contributed by atoms with Crippen molar-refractivity contribution >= 4 is 33.7 Å². The zero-order chi connectivity index (χ0) is 15.9. The molecule has 5 heteroatoms. The Morgan fingerprint density at radius 3 is 2.71 bits per heavy atom. The number of carboxylic acid groups (broad SMARTS) is 1. The maximum atomic E-state index is 11.4. The van der Waals surface area contributed by atoms with Gasteiger partial charge < -0.3 is 5.11 Å². The summed E-state index contributed by atoms with van der Waals surface area (Å²) in [6, 6.07) is 8.41. The summed E-state index contributed by atoms with van der Waals surface area (Å²) >= 11 is 5.27. The fourth-order valence-electron chi connectivity index (χ4n) is 2.21. The lowest BCUT2D eigenvalue weighted by atomic mass is 9.94. The number of benzene rings is 1. The van der Waals surface area contributed by atoms with E-state index in [2.05, 4.69) is 33.4 Å². The first kappa shape index (κ1) is 18.5. The largest absolute Gasteiger partial charge is 0.480 e. The van der Waals surface area contributed by atoms with Crippen LogP contribution in [0, 0.1) is 0 Å². The molecule has 0 saturated heterocycles. The van der Waals surface area contributed by atoms with Crippen molar-refractivity contribution in [2.45, 2.75) is 56.5 Å². The molecule has 0 bridgehead atoms. The van der Waals surface area contributed by atoms with Crippen molar-refractivity contribution in [1.29, 1.82) is 0 Å². The SMILES string of the molecule is CC(C)NC(C)(CCCCSc1cccc(Br)c1)C(=O)O. The van der Waals surface area contributed by atoms with Gasteiger partial charge in [0.2, 0.25) is 0 Å². The Morgan fingerprint density at radius 2 is 2.14 bits per heavy atom. The second-order valence-electron chi connectivity index (χ2n) is 5.70. The van der Waals surface area contributed by atoms with Gasteiger partial charge in [0, 0.05) is 15.4 Å². The number of hydrogen-bond acceptors (Lipinski definition) is 3. The fourth-order valence-corrected chi connectivity index (χ4v) is 3.73. The summed E-state index contributed by atoms with van der Waals surface area (Å²) in [6.45, 7) is 5.73. The van der Waals surface area contributed by atoms with Crippen LogP contribution in [0.5, 0.6) is 0 Å². The molecular formula is C16H24BrNO2S. The quantitative estimate of drug-likeness (QED) is 0.492. The Labute approximate surface area is 140 Å². The molecular weight excluding hydrogens is 350 g/mol. The lowest BCUT2D eigenvalue weighted by Crippen LogP contribution is -2.52. The van der Waals surface area contributed by atoms with Gasteiger partial charge >= 0.3 is 5.97 Å². The molecule has 1 unspecified atom stereocenters. The number of unbranched alkanes of at least 4 members (excludes halogenated alkanes) is 1. The van der Waals surface area contributed by atoms with Crippen molar-refractivity contribution in [2.75, 3.05) is 5.75 Å². The molecule has 0 spiro atoms. The van der Waals surface area contributed by atoms with E-state index in [1.807, 2.05) is 37.7 Å². The maximum absolute atomic E-state index is 11.4. The Balaban J connectivity index is 2.33. The summed E-state index contributed by atoms with van der Waals surface area (Å²) < 4.78 is 1.09. The maximum Gasteiger partial charge on any atom is 0.323 e. The van der Waals surface area contributed by atoms with Crippen LogP contribution >= 0.6 is 27.7 Å². The van der Waals surface area contributed by atoms with Crippen LogP contribution in [-0.4, -0.2) is 28.4 Å². The van der Waals surface area contributed by atoms with Crippen molar-refractivity contribution in [1.82, 2.24) is 5.32 Å². The number of carboxylic acids is 1. The van der Waals surface area contributed by atoms with E-state index in [4.69, 9.17) is 0 Å². The predicted octanol–water partition coefficient (Wildman–Crippen LogP) is 4.55. The molecule has 1 rings (SSSR count). The minimum absolute atomic E-state index is 0.169. The molecule has 21 heavy (non-hydrogen) atoms. The van der Waals surface area contributed by atoms with Crippen molar-refractivity contribution in [2.24, 2.45) is 0 Å². The first-order valence-corrected chi connectivity index (χ1v) is 9.01. The zero-order valence-electron chi connectivity index (χ0n) is 12.9. The van der Waals surface area contributed by atoms with E-state index in [0.717, 1.165) is 23.1 Å². The van der Waals surface area contributed by atoms with Crippen LogP contribution < -0.4 is 5.32 Å². The molecule has 1 aromatic carbocycles. The number of hydrogen-bond donors (Lipinski definition) is 2. The minimum atomic E-state index is -0.825. The Morgan fingerprint density at radius 1 is 1.43 bits per heavy atom. The van der Waals surface area contributed by atoms with Gasteiger partial charge in [-0.05, 0) is 57.6 Å². The lowest BCUT2D eigenvalue weighted by molar-refractivity contribution is -0.144. The van der Waals surface area contributed by atoms with Crippen LogP contribution in [0.2, 0.25) is 0 Å². The van der Waals surface area contributed by atoms with Gasteiger partial charge in [0.15, 0.2) is 0 Å². The monoisotopic (exact) mass is 373 g/mol. The van der Waals surface area contributed by atoms with E-state index in [9.17, 15) is 9.90 Å². The van der Waals surface area contributed by atoms with Gasteiger partial charge in [-0.25, -0.2) is 0 Å². The zero-order valence-corrected chi connectivity index (χ0v) is 15.3. The minimum Gasteiger partial charge on any atom is -0.480 e. The topological polar surface area (TPSA) is 49.3 Å². The molecule has 0 aliphatic heterocycles. The van der Waals surface area contributed by atoms with E-state index in [-0.39, 0.29) is 6.04 Å². The van der Waals surface area contributed by atoms with Gasteiger partial charge in [0.25, 0.3) is 0 Å². The molecule has 118 valence electrons. The fraction of sp³-hybridized carbons (Fsp3) is 0.562. The van der Waals surface area contributed by atoms with E-state index in [1.165, 1.54) is 4.90 Å². The summed E-state index contributed by atoms with van der Waals surface area (Å²) in [4.78, 5) is 12.6. The van der Waals surface area contributed by atoms with Crippen LogP contribution in [0.25, 0.3) is 0 Å². The molecule has 0 fully saturated rings. The van der Waals surface area contributed by atoms with Crippen LogP contribution in [0.15, 0.2) is 33.6 Å². The van der Waals surface area contributed by atoms with Crippen molar-refractivity contribution < 1.29 is 9.90 Å². The summed E-state index contributed by atoms with van der Waals surface area (Å²) in [7, 11) is 0. The number of aliphatic carboxylic acids is 1. The van der Waals surface area contributed by atoms with Crippen molar-refractivity contribution in [3.05, 3.63) is 28.7 Å². The highest BCUT2D eigenvalue weighted by Gasteiger charge is 2.32. The van der Waals surface area contributed by atoms with Crippen LogP contribution in [0.3, 0.4) is 0 Å². The first-order valence-electron chi connectivity index (χ1n) is 7.23. The smallest absolute Gasteiger partial charge is 0.323 e. The van der Waals surface area contributed by atoms with Gasteiger partial charge in [0.1, 0.15) is 5.54 Å². The van der Waals surface area contributed by atoms with Gasteiger partial charge in [-0.1, -0.05) is 28.4 Å². The van der Waals surface area contributed by atoms with Crippen molar-refractivity contribution in [3.8, 4) is 0 Å². The van der Waals surface area contributed by atoms with Gasteiger partial charge in [-0.3, -0.25) is 10.1 Å². The lowest BCUT2D eigenvalue weighted by Gasteiger charge is -2.28. The Bertz CT molecular complexity index is 467. The van der Waals surface area contributed by atoms with Gasteiger partial charge in [-0.2, -0.15) is 0 Å². The molecule has 2 N–H and O–H groups in total. The summed E-state index contributed by atoms with van der Waals surface area (Å²) in [5, 5.41) is 12.5. The number of nitrogens with one attached hydrogen (secondary N) is 1. The predicted molar refractivity (Wildman–Crippen MR) is 93.0 cm³/mol. The standard InChI is InChI=1S/C16H24BrNO2S/c1-12(2)18-16(3,15(19)20)9-4-5-10-21-14-8-6-7-13(17)11-14/h6-8,11-12,18H,4-5,9-10H2,1-3H3,(H,19,20). The molecule has 0 heterocycles. The van der Waals surface area contributed by atoms with Gasteiger partial charge in [-0.15, -0.1) is 11.8 Å². The second-order valence-corrected chi connectivity index (χ2v) is 7.78. The summed E-state index contributed by atoms with van der Waals surface area (Å²) in [5.41, 5.74) is -0.825. The molecule has 0 amide bonds. The third kappa shape index (κ3) is 6.85. The summed E-state index contributed by atoms with van der Waals surface area (Å²) in [5.74, 6) is 0.240. The second kappa shape index (κ2) is 8.81. The van der Waals surface area contributed by atoms with E-state index in [0.29, 0.717) is 6.42 Å². The average Bonchev–Trinajstić information content (AvgIpc) is 2.37. The molecule has 0 radical (unpaired) electrons. The third-order valence-corrected chi connectivity index (χ3v) is 4.79. The molecule has 0 aliphatic carbocycles. The normalized spacial score (nSPS) is 14.1. The molecule has 1 atom stereocenters. The molecule has 0 aliphatic rings. The first-order chi connectivity index (χ1) is 9.83. The van der Waals surface area contributed by atoms with Crippen molar-refractivity contribution in [3.63, 3.8) is 0 Å². The summed E-state index contributed by atoms with van der Waals surface area (Å²) in [6.07, 6.45) is 2.57. The Kier molecular flexibility index (Phi) is 7.77. The molecule has 0 saturated carbocycles. The van der Waals surface area contributed by atoms with Gasteiger partial charge in [0.05, 0.1) is 0 Å². The number of halogens is 1. The number of thioether (sulfide) groups is 1. The van der Waals surface area contributed by atoms with Crippen LogP contribution in [-0.2, 0) is 4.79 Å². The van der Waals surface area contributed by atoms with E-state index >= 15 is 0 Å². The van der Waals surface area contributed by atoms with E-state index < -0.39 is 11.5 Å². The number of carbonyl (C=O) groups is 1. The molecule has 1 aromatic rings. The Hall–Kier alpha value is -0.520. The van der Waals surface area contributed by atoms with Crippen LogP contribution in [0.1, 0.15) is 40.0 Å². The molecule has 3 nitrogen and oxygen atoms in total. The highest BCUT2D eigenvalue weighted by molar-refractivity contribution is 9.10. The highest BCUT2D eigenvalue weighted by Crippen LogP contribution is 2.24.